The fourth-order valence-corrected chi connectivity index (χ4v) is 1.65. The van der Waals surface area contributed by atoms with Gasteiger partial charge in [0.2, 0.25) is 0 Å². The molecule has 1 nitrogen and oxygen atoms in total. The predicted octanol–water partition coefficient (Wildman–Crippen LogP) is 4.81. The lowest BCUT2D eigenvalue weighted by molar-refractivity contribution is 1.30. The lowest BCUT2D eigenvalue weighted by Crippen LogP contribution is -1.67. The summed E-state index contributed by atoms with van der Waals surface area (Å²) in [5.74, 6) is 0. The van der Waals surface area contributed by atoms with Crippen LogP contribution in [-0.4, -0.2) is 4.98 Å². The summed E-state index contributed by atoms with van der Waals surface area (Å²) in [7, 11) is 0. The first-order valence-electron chi connectivity index (χ1n) is 4.62. The minimum Gasteiger partial charge on any atom is -0.357 e. The Hall–Kier alpha value is -0.660. The summed E-state index contributed by atoms with van der Waals surface area (Å²) in [5.41, 5.74) is 1.97. The summed E-state index contributed by atoms with van der Waals surface area (Å²) < 4.78 is 0. The Kier molecular flexibility index (Phi) is 3.85. The molecule has 1 heterocycles. The maximum absolute atomic E-state index is 6.02. The molecule has 0 saturated heterocycles. The molecule has 0 saturated carbocycles. The van der Waals surface area contributed by atoms with Crippen LogP contribution in [-0.2, 0) is 0 Å². The van der Waals surface area contributed by atoms with Gasteiger partial charge in [0, 0.05) is 21.6 Å². The summed E-state index contributed by atoms with van der Waals surface area (Å²) in [5, 5.41) is 2.53. The number of hydrogen-bond acceptors (Lipinski definition) is 0. The highest BCUT2D eigenvalue weighted by Crippen LogP contribution is 2.28. The Balaban J connectivity index is 0.000000461. The second-order valence-electron chi connectivity index (χ2n) is 2.75. The van der Waals surface area contributed by atoms with Crippen molar-refractivity contribution in [2.45, 2.75) is 20.8 Å². The van der Waals surface area contributed by atoms with E-state index in [-0.39, 0.29) is 0 Å². The van der Waals surface area contributed by atoms with Crippen molar-refractivity contribution in [1.29, 1.82) is 0 Å². The van der Waals surface area contributed by atoms with Crippen LogP contribution >= 0.6 is 23.2 Å². The van der Waals surface area contributed by atoms with Crippen LogP contribution in [0.15, 0.2) is 18.2 Å². The van der Waals surface area contributed by atoms with Crippen molar-refractivity contribution in [2.75, 3.05) is 0 Å². The van der Waals surface area contributed by atoms with Gasteiger partial charge in [0.15, 0.2) is 0 Å². The Labute approximate surface area is 94.0 Å². The third-order valence-electron chi connectivity index (χ3n) is 1.87. The first-order chi connectivity index (χ1) is 6.68. The second-order valence-corrected chi connectivity index (χ2v) is 3.57. The maximum atomic E-state index is 6.02. The Morgan fingerprint density at radius 2 is 1.79 bits per heavy atom. The molecule has 0 amide bonds. The van der Waals surface area contributed by atoms with Gasteiger partial charge in [0.05, 0.1) is 5.02 Å². The Morgan fingerprint density at radius 1 is 1.14 bits per heavy atom. The van der Waals surface area contributed by atoms with Crippen molar-refractivity contribution < 1.29 is 0 Å². The van der Waals surface area contributed by atoms with Crippen molar-refractivity contribution in [3.8, 4) is 0 Å². The summed E-state index contributed by atoms with van der Waals surface area (Å²) in [6.07, 6.45) is 0. The number of benzene rings is 1. The van der Waals surface area contributed by atoms with Crippen LogP contribution < -0.4 is 0 Å². The highest BCUT2D eigenvalue weighted by Gasteiger charge is 2.04. The van der Waals surface area contributed by atoms with Gasteiger partial charge in [-0.2, -0.15) is 0 Å². The molecule has 1 aromatic carbocycles. The molecule has 0 aliphatic carbocycles. The van der Waals surface area contributed by atoms with E-state index in [0.717, 1.165) is 26.6 Å². The maximum Gasteiger partial charge on any atom is 0.0688 e. The predicted molar refractivity (Wildman–Crippen MR) is 64.4 cm³/mol. The van der Waals surface area contributed by atoms with Crippen LogP contribution in [0.3, 0.4) is 0 Å². The van der Waals surface area contributed by atoms with Gasteiger partial charge in [-0.05, 0) is 25.1 Å². The normalized spacial score (nSPS) is 9.79. The number of fused-ring (bicyclic) bond motifs is 1. The van der Waals surface area contributed by atoms with Crippen molar-refractivity contribution in [3.63, 3.8) is 0 Å². The Bertz CT molecular complexity index is 432. The number of nitrogens with one attached hydrogen (secondary N) is 1. The lowest BCUT2D eigenvalue weighted by atomic mass is 10.2. The number of aryl methyl sites for hydroxylation is 1. The zero-order chi connectivity index (χ0) is 10.7. The SMILES string of the molecule is CC.Cc1[nH]c2cc(Cl)ccc2c1Cl. The minimum atomic E-state index is 0.723. The largest absolute Gasteiger partial charge is 0.357 e. The van der Waals surface area contributed by atoms with E-state index in [1.165, 1.54) is 0 Å². The second kappa shape index (κ2) is 4.72. The minimum absolute atomic E-state index is 0.723. The van der Waals surface area contributed by atoms with Crippen LogP contribution in [0.25, 0.3) is 10.9 Å². The van der Waals surface area contributed by atoms with Gasteiger partial charge in [-0.3, -0.25) is 0 Å². The highest BCUT2D eigenvalue weighted by molar-refractivity contribution is 6.37. The molecule has 76 valence electrons. The number of rotatable bonds is 0. The first-order valence-corrected chi connectivity index (χ1v) is 5.37. The summed E-state index contributed by atoms with van der Waals surface area (Å²) in [6.45, 7) is 5.94. The van der Waals surface area contributed by atoms with E-state index >= 15 is 0 Å². The molecule has 0 aliphatic rings. The molecule has 0 radical (unpaired) electrons. The lowest BCUT2D eigenvalue weighted by Gasteiger charge is -1.90. The average molecular weight is 230 g/mol. The van der Waals surface area contributed by atoms with E-state index in [0.29, 0.717) is 0 Å². The molecular weight excluding hydrogens is 217 g/mol. The molecule has 0 unspecified atom stereocenters. The zero-order valence-electron chi connectivity index (χ0n) is 8.49. The fourth-order valence-electron chi connectivity index (χ4n) is 1.27. The van der Waals surface area contributed by atoms with Crippen LogP contribution in [0, 0.1) is 6.92 Å². The highest BCUT2D eigenvalue weighted by atomic mass is 35.5. The van der Waals surface area contributed by atoms with Gasteiger partial charge in [0.1, 0.15) is 0 Å². The van der Waals surface area contributed by atoms with Crippen molar-refractivity contribution >= 4 is 34.1 Å². The molecule has 2 aromatic rings. The number of hydrogen-bond donors (Lipinski definition) is 1. The van der Waals surface area contributed by atoms with E-state index in [1.807, 2.05) is 39.0 Å². The van der Waals surface area contributed by atoms with Crippen LogP contribution in [0.5, 0.6) is 0 Å². The molecule has 14 heavy (non-hydrogen) atoms. The molecule has 0 aliphatic heterocycles. The number of aromatic nitrogens is 1. The zero-order valence-corrected chi connectivity index (χ0v) is 10.00. The van der Waals surface area contributed by atoms with Crippen LogP contribution in [0.1, 0.15) is 19.5 Å². The van der Waals surface area contributed by atoms with E-state index < -0.39 is 0 Å². The van der Waals surface area contributed by atoms with Crippen LogP contribution in [0.2, 0.25) is 10.0 Å². The fraction of sp³-hybridized carbons (Fsp3) is 0.273. The molecule has 1 N–H and O–H groups in total. The molecule has 0 atom stereocenters. The molecular formula is C11H13Cl2N. The van der Waals surface area contributed by atoms with Gasteiger partial charge < -0.3 is 4.98 Å². The monoisotopic (exact) mass is 229 g/mol. The van der Waals surface area contributed by atoms with Gasteiger partial charge >= 0.3 is 0 Å². The molecule has 0 fully saturated rings. The first kappa shape index (κ1) is 11.4. The molecule has 1 aromatic heterocycles. The third-order valence-corrected chi connectivity index (χ3v) is 2.59. The van der Waals surface area contributed by atoms with E-state index in [1.54, 1.807) is 0 Å². The number of halogens is 2. The number of aromatic amines is 1. The smallest absolute Gasteiger partial charge is 0.0688 e. The van der Waals surface area contributed by atoms with Crippen molar-refractivity contribution in [1.82, 2.24) is 4.98 Å². The molecule has 0 bridgehead atoms. The third kappa shape index (κ3) is 2.05. The van der Waals surface area contributed by atoms with Gasteiger partial charge in [-0.1, -0.05) is 37.0 Å². The molecule has 0 spiro atoms. The van der Waals surface area contributed by atoms with Crippen molar-refractivity contribution in [3.05, 3.63) is 33.9 Å². The Morgan fingerprint density at radius 3 is 2.43 bits per heavy atom. The molecule has 3 heteroatoms. The summed E-state index contributed by atoms with van der Waals surface area (Å²) >= 11 is 11.8. The van der Waals surface area contributed by atoms with Gasteiger partial charge in [0.25, 0.3) is 0 Å². The summed E-state index contributed by atoms with van der Waals surface area (Å²) in [4.78, 5) is 3.15. The van der Waals surface area contributed by atoms with E-state index in [4.69, 9.17) is 23.2 Å². The van der Waals surface area contributed by atoms with E-state index in [2.05, 4.69) is 4.98 Å². The van der Waals surface area contributed by atoms with Gasteiger partial charge in [-0.15, -0.1) is 0 Å². The average Bonchev–Trinajstić information content (AvgIpc) is 2.45. The number of H-pyrrole nitrogens is 1. The topological polar surface area (TPSA) is 15.8 Å². The quantitative estimate of drug-likeness (QED) is 0.668. The standard InChI is InChI=1S/C9H7Cl2N.C2H6/c1-5-9(11)7-3-2-6(10)4-8(7)12-5;1-2/h2-4,12H,1H3;1-2H3. The van der Waals surface area contributed by atoms with Crippen LogP contribution in [0.4, 0.5) is 0 Å². The molecule has 2 rings (SSSR count). The van der Waals surface area contributed by atoms with Gasteiger partial charge in [-0.25, -0.2) is 0 Å². The van der Waals surface area contributed by atoms with Crippen molar-refractivity contribution in [2.24, 2.45) is 0 Å². The summed E-state index contributed by atoms with van der Waals surface area (Å²) in [6, 6.07) is 5.63. The van der Waals surface area contributed by atoms with E-state index in [9.17, 15) is 0 Å².